The molecule has 116 valence electrons. The molecule has 0 amide bonds. The molecular formula is C15H21NO4S. The molecule has 1 aliphatic rings. The van der Waals surface area contributed by atoms with Gasteiger partial charge in [-0.3, -0.25) is 0 Å². The number of carboxylic acid groups (broad SMARTS) is 1. The van der Waals surface area contributed by atoms with Gasteiger partial charge in [0.15, 0.2) is 0 Å². The number of aryl methyl sites for hydroxylation is 1. The zero-order chi connectivity index (χ0) is 15.6. The molecule has 0 bridgehead atoms. The van der Waals surface area contributed by atoms with Gasteiger partial charge in [0, 0.05) is 6.04 Å². The van der Waals surface area contributed by atoms with Crippen LogP contribution in [-0.4, -0.2) is 25.5 Å². The maximum Gasteiger partial charge on any atom is 0.335 e. The molecule has 0 heterocycles. The lowest BCUT2D eigenvalue weighted by atomic mass is 10.1. The normalized spacial score (nSPS) is 16.7. The zero-order valence-electron chi connectivity index (χ0n) is 12.3. The molecule has 0 radical (unpaired) electrons. The van der Waals surface area contributed by atoms with Crippen LogP contribution in [0.5, 0.6) is 0 Å². The van der Waals surface area contributed by atoms with E-state index in [4.69, 9.17) is 5.11 Å². The maximum atomic E-state index is 12.4. The number of carbonyl (C=O) groups is 1. The fraction of sp³-hybridized carbons (Fsp3) is 0.533. The molecule has 1 atom stereocenters. The topological polar surface area (TPSA) is 83.5 Å². The van der Waals surface area contributed by atoms with Crippen molar-refractivity contribution in [1.29, 1.82) is 0 Å². The monoisotopic (exact) mass is 311 g/mol. The minimum Gasteiger partial charge on any atom is -0.478 e. The number of carboxylic acids is 1. The Labute approximate surface area is 125 Å². The number of sulfonamides is 1. The number of rotatable bonds is 7. The predicted octanol–water partition coefficient (Wildman–Crippen LogP) is 2.55. The van der Waals surface area contributed by atoms with Crippen LogP contribution in [0.3, 0.4) is 0 Å². The SMILES string of the molecule is CCC(CC1CC1)NS(=O)(=O)c1ccc(C)c(C(=O)O)c1. The quantitative estimate of drug-likeness (QED) is 0.810. The molecule has 6 heteroatoms. The summed E-state index contributed by atoms with van der Waals surface area (Å²) < 4.78 is 27.5. The van der Waals surface area contributed by atoms with Gasteiger partial charge in [-0.25, -0.2) is 17.9 Å². The molecule has 2 N–H and O–H groups in total. The zero-order valence-corrected chi connectivity index (χ0v) is 13.1. The van der Waals surface area contributed by atoms with E-state index in [1.807, 2.05) is 6.92 Å². The Morgan fingerprint density at radius 3 is 2.62 bits per heavy atom. The third kappa shape index (κ3) is 4.04. The highest BCUT2D eigenvalue weighted by Gasteiger charge is 2.28. The van der Waals surface area contributed by atoms with E-state index in [0.717, 1.165) is 12.8 Å². The fourth-order valence-electron chi connectivity index (χ4n) is 2.34. The Morgan fingerprint density at radius 2 is 2.10 bits per heavy atom. The number of nitrogens with one attached hydrogen (secondary N) is 1. The van der Waals surface area contributed by atoms with Gasteiger partial charge in [-0.05, 0) is 43.4 Å². The summed E-state index contributed by atoms with van der Waals surface area (Å²) in [5.41, 5.74) is 0.569. The van der Waals surface area contributed by atoms with Gasteiger partial charge in [-0.1, -0.05) is 25.8 Å². The average Bonchev–Trinajstić information content (AvgIpc) is 3.21. The summed E-state index contributed by atoms with van der Waals surface area (Å²) in [4.78, 5) is 11.1. The first-order valence-electron chi connectivity index (χ1n) is 7.19. The second-order valence-electron chi connectivity index (χ2n) is 5.69. The fourth-order valence-corrected chi connectivity index (χ4v) is 3.70. The van der Waals surface area contributed by atoms with Crippen LogP contribution in [0.25, 0.3) is 0 Å². The van der Waals surface area contributed by atoms with Crippen LogP contribution in [-0.2, 0) is 10.0 Å². The van der Waals surface area contributed by atoms with Crippen molar-refractivity contribution in [1.82, 2.24) is 4.72 Å². The first-order valence-corrected chi connectivity index (χ1v) is 8.68. The maximum absolute atomic E-state index is 12.4. The van der Waals surface area contributed by atoms with Crippen molar-refractivity contribution in [2.45, 2.75) is 50.5 Å². The highest BCUT2D eigenvalue weighted by molar-refractivity contribution is 7.89. The Hall–Kier alpha value is -1.40. The van der Waals surface area contributed by atoms with Crippen LogP contribution >= 0.6 is 0 Å². The van der Waals surface area contributed by atoms with Crippen molar-refractivity contribution in [2.75, 3.05) is 0 Å². The highest BCUT2D eigenvalue weighted by atomic mass is 32.2. The molecule has 1 saturated carbocycles. The summed E-state index contributed by atoms with van der Waals surface area (Å²) in [6, 6.07) is 4.12. The highest BCUT2D eigenvalue weighted by Crippen LogP contribution is 2.34. The Balaban J connectivity index is 2.21. The molecule has 0 aliphatic heterocycles. The molecule has 5 nitrogen and oxygen atoms in total. The summed E-state index contributed by atoms with van der Waals surface area (Å²) in [6.07, 6.45) is 3.93. The van der Waals surface area contributed by atoms with Crippen LogP contribution in [0.4, 0.5) is 0 Å². The van der Waals surface area contributed by atoms with E-state index in [2.05, 4.69) is 4.72 Å². The van der Waals surface area contributed by atoms with E-state index in [1.54, 1.807) is 6.92 Å². The number of benzene rings is 1. The van der Waals surface area contributed by atoms with Crippen molar-refractivity contribution in [2.24, 2.45) is 5.92 Å². The van der Waals surface area contributed by atoms with Crippen LogP contribution < -0.4 is 4.72 Å². The average molecular weight is 311 g/mol. The summed E-state index contributed by atoms with van der Waals surface area (Å²) in [7, 11) is -3.68. The summed E-state index contributed by atoms with van der Waals surface area (Å²) in [5.74, 6) is -0.486. The minimum absolute atomic E-state index is 0.0137. The molecule has 0 spiro atoms. The third-order valence-electron chi connectivity index (χ3n) is 3.88. The minimum atomic E-state index is -3.68. The summed E-state index contributed by atoms with van der Waals surface area (Å²) in [5, 5.41) is 9.10. The first-order chi connectivity index (χ1) is 9.83. The molecule has 21 heavy (non-hydrogen) atoms. The standard InChI is InChI=1S/C15H21NO4S/c1-3-12(8-11-5-6-11)16-21(19,20)13-7-4-10(2)14(9-13)15(17)18/h4,7,9,11-12,16H,3,5-6,8H2,1-2H3,(H,17,18). The van der Waals surface area contributed by atoms with E-state index < -0.39 is 16.0 Å². The molecule has 1 aliphatic carbocycles. The number of hydrogen-bond acceptors (Lipinski definition) is 3. The molecule has 1 aromatic rings. The largest absolute Gasteiger partial charge is 0.478 e. The second kappa shape index (κ2) is 6.15. The van der Waals surface area contributed by atoms with Gasteiger partial charge < -0.3 is 5.11 Å². The van der Waals surface area contributed by atoms with E-state index in [-0.39, 0.29) is 16.5 Å². The van der Waals surface area contributed by atoms with Crippen molar-refractivity contribution >= 4 is 16.0 Å². The van der Waals surface area contributed by atoms with Crippen LogP contribution in [0, 0.1) is 12.8 Å². The first kappa shape index (κ1) is 16.0. The number of aromatic carboxylic acids is 1. The van der Waals surface area contributed by atoms with E-state index >= 15 is 0 Å². The lowest BCUT2D eigenvalue weighted by Gasteiger charge is -2.17. The lowest BCUT2D eigenvalue weighted by molar-refractivity contribution is 0.0696. The van der Waals surface area contributed by atoms with Gasteiger partial charge in [0.25, 0.3) is 0 Å². The van der Waals surface area contributed by atoms with Gasteiger partial charge in [0.05, 0.1) is 10.5 Å². The van der Waals surface area contributed by atoms with Gasteiger partial charge in [0.2, 0.25) is 10.0 Å². The smallest absolute Gasteiger partial charge is 0.335 e. The van der Waals surface area contributed by atoms with Gasteiger partial charge in [0.1, 0.15) is 0 Å². The Bertz CT molecular complexity index is 635. The molecule has 1 aromatic carbocycles. The van der Waals surface area contributed by atoms with Gasteiger partial charge in [-0.15, -0.1) is 0 Å². The van der Waals surface area contributed by atoms with Crippen LogP contribution in [0.15, 0.2) is 23.1 Å². The molecule has 0 aromatic heterocycles. The lowest BCUT2D eigenvalue weighted by Crippen LogP contribution is -2.34. The van der Waals surface area contributed by atoms with E-state index in [0.29, 0.717) is 11.5 Å². The van der Waals surface area contributed by atoms with Crippen molar-refractivity contribution in [3.05, 3.63) is 29.3 Å². The molecule has 1 unspecified atom stereocenters. The molecule has 2 rings (SSSR count). The second-order valence-corrected chi connectivity index (χ2v) is 7.40. The van der Waals surface area contributed by atoms with E-state index in [1.165, 1.54) is 31.0 Å². The summed E-state index contributed by atoms with van der Waals surface area (Å²) >= 11 is 0. The third-order valence-corrected chi connectivity index (χ3v) is 5.40. The van der Waals surface area contributed by atoms with Gasteiger partial charge >= 0.3 is 5.97 Å². The molecule has 0 saturated heterocycles. The van der Waals surface area contributed by atoms with Crippen molar-refractivity contribution in [3.63, 3.8) is 0 Å². The Kier molecular flexibility index (Phi) is 4.68. The van der Waals surface area contributed by atoms with E-state index in [9.17, 15) is 13.2 Å². The van der Waals surface area contributed by atoms with Crippen molar-refractivity contribution in [3.8, 4) is 0 Å². The van der Waals surface area contributed by atoms with Crippen LogP contribution in [0.1, 0.15) is 48.5 Å². The van der Waals surface area contributed by atoms with Gasteiger partial charge in [-0.2, -0.15) is 0 Å². The summed E-state index contributed by atoms with van der Waals surface area (Å²) in [6.45, 7) is 3.60. The predicted molar refractivity (Wildman–Crippen MR) is 79.9 cm³/mol. The van der Waals surface area contributed by atoms with Crippen molar-refractivity contribution < 1.29 is 18.3 Å². The number of hydrogen-bond donors (Lipinski definition) is 2. The molecule has 1 fully saturated rings. The molecular weight excluding hydrogens is 290 g/mol. The Morgan fingerprint density at radius 1 is 1.43 bits per heavy atom. The van der Waals surface area contributed by atoms with Crippen LogP contribution in [0.2, 0.25) is 0 Å².